The number of carbonyl (C=O) groups excluding carboxylic acids is 1. The van der Waals surface area contributed by atoms with Crippen molar-refractivity contribution in [1.29, 1.82) is 10.8 Å². The number of hydrogen-bond donors (Lipinski definition) is 3. The average molecular weight is 448 g/mol. The lowest BCUT2D eigenvalue weighted by molar-refractivity contribution is -0.274. The van der Waals surface area contributed by atoms with Gasteiger partial charge in [0.1, 0.15) is 17.3 Å². The first kappa shape index (κ1) is 22.3. The number of carbonyl (C=O) groups is 1. The number of anilines is 1. The first-order valence-corrected chi connectivity index (χ1v) is 8.76. The van der Waals surface area contributed by atoms with E-state index in [4.69, 9.17) is 24.7 Å². The number of halogens is 3. The van der Waals surface area contributed by atoms with Crippen molar-refractivity contribution in [2.75, 3.05) is 12.4 Å². The molecule has 3 N–H and O–H groups in total. The third kappa shape index (κ3) is 5.62. The highest BCUT2D eigenvalue weighted by Crippen LogP contribution is 2.29. The van der Waals surface area contributed by atoms with Gasteiger partial charge in [0.05, 0.1) is 18.9 Å². The van der Waals surface area contributed by atoms with Crippen LogP contribution in [0.4, 0.5) is 19.0 Å². The van der Waals surface area contributed by atoms with E-state index in [0.29, 0.717) is 0 Å². The molecule has 166 valence electrons. The van der Waals surface area contributed by atoms with Crippen molar-refractivity contribution < 1.29 is 36.6 Å². The number of furan rings is 1. The molecule has 0 atom stereocenters. The van der Waals surface area contributed by atoms with E-state index in [2.05, 4.69) is 15.0 Å². The second-order valence-electron chi connectivity index (χ2n) is 6.03. The van der Waals surface area contributed by atoms with Crippen molar-refractivity contribution >= 4 is 23.5 Å². The summed E-state index contributed by atoms with van der Waals surface area (Å²) in [5.41, 5.74) is -0.0555. The van der Waals surface area contributed by atoms with Crippen LogP contribution in [0.5, 0.6) is 11.5 Å². The highest BCUT2D eigenvalue weighted by atomic mass is 19.4. The summed E-state index contributed by atoms with van der Waals surface area (Å²) < 4.78 is 56.4. The van der Waals surface area contributed by atoms with Crippen LogP contribution < -0.4 is 14.8 Å². The van der Waals surface area contributed by atoms with Crippen LogP contribution in [0.3, 0.4) is 0 Å². The molecule has 3 rings (SSSR count). The standard InChI is InChI=1S/C20H15F3N4O5/c1-29-14-5-4-12(32-20(21,22)23)10-13(14)19(28)27-16-9-11(6-7-26-16)17(24)31-18(25)15-3-2-8-30-15/h2-10,24-25H,1H3,(H,26,27,28). The van der Waals surface area contributed by atoms with Gasteiger partial charge < -0.3 is 23.9 Å². The van der Waals surface area contributed by atoms with Crippen LogP contribution >= 0.6 is 0 Å². The lowest BCUT2D eigenvalue weighted by Crippen LogP contribution is -2.19. The number of ether oxygens (including phenoxy) is 3. The number of benzene rings is 1. The van der Waals surface area contributed by atoms with E-state index in [1.807, 2.05) is 0 Å². The second kappa shape index (κ2) is 9.20. The number of nitrogens with zero attached hydrogens (tertiary/aromatic N) is 1. The summed E-state index contributed by atoms with van der Waals surface area (Å²) in [5, 5.41) is 18.2. The van der Waals surface area contributed by atoms with Crippen LogP contribution in [-0.2, 0) is 4.74 Å². The zero-order valence-electron chi connectivity index (χ0n) is 16.3. The minimum atomic E-state index is -4.93. The molecule has 32 heavy (non-hydrogen) atoms. The molecule has 0 spiro atoms. The molecule has 2 aromatic heterocycles. The highest BCUT2D eigenvalue weighted by Gasteiger charge is 2.31. The molecule has 0 bridgehead atoms. The number of aromatic nitrogens is 1. The predicted molar refractivity (Wildman–Crippen MR) is 105 cm³/mol. The van der Waals surface area contributed by atoms with Gasteiger partial charge in [0, 0.05) is 11.8 Å². The Balaban J connectivity index is 1.76. The van der Waals surface area contributed by atoms with Gasteiger partial charge in [0.25, 0.3) is 11.8 Å². The molecule has 0 saturated heterocycles. The van der Waals surface area contributed by atoms with Crippen molar-refractivity contribution in [2.45, 2.75) is 6.36 Å². The number of methoxy groups -OCH3 is 1. The smallest absolute Gasteiger partial charge is 0.496 e. The van der Waals surface area contributed by atoms with E-state index < -0.39 is 29.8 Å². The molecule has 0 saturated carbocycles. The Morgan fingerprint density at radius 2 is 1.91 bits per heavy atom. The summed E-state index contributed by atoms with van der Waals surface area (Å²) in [6.45, 7) is 0. The van der Waals surface area contributed by atoms with Crippen molar-refractivity contribution in [3.8, 4) is 11.5 Å². The summed E-state index contributed by atoms with van der Waals surface area (Å²) in [6.07, 6.45) is -2.30. The minimum absolute atomic E-state index is 0.0103. The summed E-state index contributed by atoms with van der Waals surface area (Å²) in [6, 6.07) is 8.78. The van der Waals surface area contributed by atoms with E-state index in [0.717, 1.165) is 18.2 Å². The number of nitrogens with one attached hydrogen (secondary N) is 3. The van der Waals surface area contributed by atoms with Crippen LogP contribution in [-0.4, -0.2) is 36.2 Å². The van der Waals surface area contributed by atoms with Gasteiger partial charge in [-0.05, 0) is 42.5 Å². The number of pyridine rings is 1. The lowest BCUT2D eigenvalue weighted by Gasteiger charge is -2.13. The van der Waals surface area contributed by atoms with Crippen LogP contribution in [0.15, 0.2) is 59.3 Å². The maximum Gasteiger partial charge on any atom is 0.573 e. The van der Waals surface area contributed by atoms with E-state index in [9.17, 15) is 18.0 Å². The largest absolute Gasteiger partial charge is 0.573 e. The van der Waals surface area contributed by atoms with Crippen molar-refractivity contribution in [3.05, 3.63) is 71.8 Å². The minimum Gasteiger partial charge on any atom is -0.496 e. The molecule has 0 aliphatic heterocycles. The monoisotopic (exact) mass is 448 g/mol. The Labute approximate surface area is 178 Å². The Hall–Kier alpha value is -4.35. The van der Waals surface area contributed by atoms with Gasteiger partial charge in [-0.3, -0.25) is 15.6 Å². The normalized spacial score (nSPS) is 10.9. The maximum absolute atomic E-state index is 12.6. The van der Waals surface area contributed by atoms with Crippen molar-refractivity contribution in [1.82, 2.24) is 4.98 Å². The third-order valence-corrected chi connectivity index (χ3v) is 3.86. The first-order chi connectivity index (χ1) is 15.2. The third-order valence-electron chi connectivity index (χ3n) is 3.86. The quantitative estimate of drug-likeness (QED) is 0.383. The summed E-state index contributed by atoms with van der Waals surface area (Å²) in [4.78, 5) is 16.6. The van der Waals surface area contributed by atoms with Crippen LogP contribution in [0.2, 0.25) is 0 Å². The molecule has 2 heterocycles. The highest BCUT2D eigenvalue weighted by molar-refractivity contribution is 6.07. The maximum atomic E-state index is 12.6. The predicted octanol–water partition coefficient (Wildman–Crippen LogP) is 4.20. The van der Waals surface area contributed by atoms with E-state index in [1.165, 1.54) is 37.8 Å². The molecule has 1 amide bonds. The molecular formula is C20H15F3N4O5. The number of amides is 1. The van der Waals surface area contributed by atoms with Crippen LogP contribution in [0, 0.1) is 10.8 Å². The second-order valence-corrected chi connectivity index (χ2v) is 6.03. The zero-order valence-corrected chi connectivity index (χ0v) is 16.3. The molecule has 1 aromatic carbocycles. The lowest BCUT2D eigenvalue weighted by atomic mass is 10.1. The number of hydrogen-bond acceptors (Lipinski definition) is 8. The summed E-state index contributed by atoms with van der Waals surface area (Å²) >= 11 is 0. The molecule has 12 heteroatoms. The number of alkyl halides is 3. The van der Waals surface area contributed by atoms with Gasteiger partial charge in [-0.2, -0.15) is 0 Å². The molecule has 0 fully saturated rings. The van der Waals surface area contributed by atoms with Gasteiger partial charge in [-0.1, -0.05) is 0 Å². The van der Waals surface area contributed by atoms with E-state index >= 15 is 0 Å². The zero-order chi connectivity index (χ0) is 23.3. The van der Waals surface area contributed by atoms with Crippen LogP contribution in [0.1, 0.15) is 21.7 Å². The van der Waals surface area contributed by atoms with Gasteiger partial charge in [0.2, 0.25) is 5.90 Å². The average Bonchev–Trinajstić information content (AvgIpc) is 3.28. The Kier molecular flexibility index (Phi) is 6.42. The fraction of sp³-hybridized carbons (Fsp3) is 0.100. The molecular weight excluding hydrogens is 433 g/mol. The van der Waals surface area contributed by atoms with Crippen molar-refractivity contribution in [3.63, 3.8) is 0 Å². The first-order valence-electron chi connectivity index (χ1n) is 8.76. The molecule has 3 aromatic rings. The van der Waals surface area contributed by atoms with E-state index in [-0.39, 0.29) is 28.5 Å². The Bertz CT molecular complexity index is 1150. The van der Waals surface area contributed by atoms with Crippen LogP contribution in [0.25, 0.3) is 0 Å². The topological polar surface area (TPSA) is 131 Å². The molecule has 0 radical (unpaired) electrons. The molecule has 0 aliphatic carbocycles. The van der Waals surface area contributed by atoms with Gasteiger partial charge in [-0.25, -0.2) is 4.98 Å². The fourth-order valence-electron chi connectivity index (χ4n) is 2.50. The van der Waals surface area contributed by atoms with Gasteiger partial charge in [-0.15, -0.1) is 13.2 Å². The summed E-state index contributed by atoms with van der Waals surface area (Å²) in [5.74, 6) is -2.13. The molecule has 9 nitrogen and oxygen atoms in total. The van der Waals surface area contributed by atoms with Gasteiger partial charge >= 0.3 is 6.36 Å². The molecule has 0 unspecified atom stereocenters. The molecule has 0 aliphatic rings. The Morgan fingerprint density at radius 1 is 1.12 bits per heavy atom. The van der Waals surface area contributed by atoms with Crippen molar-refractivity contribution in [2.24, 2.45) is 0 Å². The summed E-state index contributed by atoms with van der Waals surface area (Å²) in [7, 11) is 1.25. The van der Waals surface area contributed by atoms with Gasteiger partial charge in [0.15, 0.2) is 5.76 Å². The Morgan fingerprint density at radius 3 is 2.56 bits per heavy atom. The fourth-order valence-corrected chi connectivity index (χ4v) is 2.50. The van der Waals surface area contributed by atoms with E-state index in [1.54, 1.807) is 6.07 Å². The SMILES string of the molecule is COc1ccc(OC(F)(F)F)cc1C(=O)Nc1cc(C(=N)OC(=N)c2ccco2)ccn1. The number of rotatable bonds is 6.